The quantitative estimate of drug-likeness (QED) is 0.853. The van der Waals surface area contributed by atoms with Gasteiger partial charge in [0.25, 0.3) is 10.0 Å². The van der Waals surface area contributed by atoms with Crippen LogP contribution in [0, 0.1) is 6.92 Å². The maximum atomic E-state index is 12.6. The molecule has 0 unspecified atom stereocenters. The molecule has 0 saturated heterocycles. The SMILES string of the molecule is COc1ccc(OC)c(S(=O)(=O)Nc2ccc(Br)cc2C)c1. The van der Waals surface area contributed by atoms with Crippen molar-refractivity contribution in [1.29, 1.82) is 0 Å². The van der Waals surface area contributed by atoms with Crippen molar-refractivity contribution in [1.82, 2.24) is 0 Å². The van der Waals surface area contributed by atoms with Gasteiger partial charge in [-0.25, -0.2) is 8.42 Å². The summed E-state index contributed by atoms with van der Waals surface area (Å²) < 4.78 is 38.9. The number of hydrogen-bond acceptors (Lipinski definition) is 4. The van der Waals surface area contributed by atoms with Crippen LogP contribution >= 0.6 is 15.9 Å². The molecule has 7 heteroatoms. The zero-order valence-electron chi connectivity index (χ0n) is 12.4. The van der Waals surface area contributed by atoms with Crippen LogP contribution in [-0.4, -0.2) is 22.6 Å². The summed E-state index contributed by atoms with van der Waals surface area (Å²) in [5.74, 6) is 0.691. The standard InChI is InChI=1S/C15H16BrNO4S/c1-10-8-11(16)4-6-13(10)17-22(18,19)15-9-12(20-2)5-7-14(15)21-3/h4-9,17H,1-3H3. The van der Waals surface area contributed by atoms with Gasteiger partial charge in [0.1, 0.15) is 16.4 Å². The third-order valence-corrected chi connectivity index (χ3v) is 4.97. The Morgan fingerprint density at radius 1 is 1.05 bits per heavy atom. The first-order valence-electron chi connectivity index (χ1n) is 6.38. The van der Waals surface area contributed by atoms with Gasteiger partial charge in [0.15, 0.2) is 0 Å². The van der Waals surface area contributed by atoms with E-state index in [0.29, 0.717) is 11.4 Å². The maximum Gasteiger partial charge on any atom is 0.265 e. The van der Waals surface area contributed by atoms with E-state index < -0.39 is 10.0 Å². The summed E-state index contributed by atoms with van der Waals surface area (Å²) >= 11 is 3.35. The number of sulfonamides is 1. The van der Waals surface area contributed by atoms with Crippen molar-refractivity contribution >= 4 is 31.6 Å². The third kappa shape index (κ3) is 3.53. The fourth-order valence-corrected chi connectivity index (χ4v) is 3.73. The van der Waals surface area contributed by atoms with Crippen LogP contribution in [0.5, 0.6) is 11.5 Å². The van der Waals surface area contributed by atoms with Crippen molar-refractivity contribution in [3.05, 3.63) is 46.4 Å². The largest absolute Gasteiger partial charge is 0.497 e. The Morgan fingerprint density at radius 3 is 2.36 bits per heavy atom. The lowest BCUT2D eigenvalue weighted by atomic mass is 10.2. The maximum absolute atomic E-state index is 12.6. The van der Waals surface area contributed by atoms with Gasteiger partial charge in [0.2, 0.25) is 0 Å². The summed E-state index contributed by atoms with van der Waals surface area (Å²) in [5, 5.41) is 0. The number of halogens is 1. The molecule has 0 aliphatic heterocycles. The molecule has 0 amide bonds. The van der Waals surface area contributed by atoms with Gasteiger partial charge >= 0.3 is 0 Å². The first kappa shape index (κ1) is 16.6. The minimum atomic E-state index is -3.79. The molecule has 0 atom stereocenters. The Labute approximate surface area is 138 Å². The average molecular weight is 386 g/mol. The topological polar surface area (TPSA) is 64.6 Å². The number of nitrogens with one attached hydrogen (secondary N) is 1. The highest BCUT2D eigenvalue weighted by molar-refractivity contribution is 9.10. The highest BCUT2D eigenvalue weighted by atomic mass is 79.9. The van der Waals surface area contributed by atoms with Crippen molar-refractivity contribution in [2.45, 2.75) is 11.8 Å². The smallest absolute Gasteiger partial charge is 0.265 e. The lowest BCUT2D eigenvalue weighted by molar-refractivity contribution is 0.392. The molecule has 118 valence electrons. The van der Waals surface area contributed by atoms with Gasteiger partial charge in [-0.3, -0.25) is 4.72 Å². The molecule has 22 heavy (non-hydrogen) atoms. The Bertz CT molecular complexity index is 790. The molecule has 5 nitrogen and oxygen atoms in total. The number of hydrogen-bond donors (Lipinski definition) is 1. The molecular weight excluding hydrogens is 370 g/mol. The van der Waals surface area contributed by atoms with Gasteiger partial charge in [-0.2, -0.15) is 0 Å². The van der Waals surface area contributed by atoms with E-state index in [1.165, 1.54) is 20.3 Å². The molecule has 1 N–H and O–H groups in total. The monoisotopic (exact) mass is 385 g/mol. The van der Waals surface area contributed by atoms with Gasteiger partial charge in [0, 0.05) is 10.5 Å². The summed E-state index contributed by atoms with van der Waals surface area (Å²) in [6.07, 6.45) is 0. The Kier molecular flexibility index (Phi) is 4.97. The zero-order valence-corrected chi connectivity index (χ0v) is 14.8. The van der Waals surface area contributed by atoms with E-state index in [9.17, 15) is 8.42 Å². The Morgan fingerprint density at radius 2 is 1.77 bits per heavy atom. The van der Waals surface area contributed by atoms with Crippen molar-refractivity contribution < 1.29 is 17.9 Å². The molecule has 0 fully saturated rings. The fourth-order valence-electron chi connectivity index (χ4n) is 1.94. The van der Waals surface area contributed by atoms with Crippen molar-refractivity contribution in [2.75, 3.05) is 18.9 Å². The summed E-state index contributed by atoms with van der Waals surface area (Å²) in [5.41, 5.74) is 1.31. The van der Waals surface area contributed by atoms with E-state index in [2.05, 4.69) is 20.7 Å². The average Bonchev–Trinajstić information content (AvgIpc) is 2.49. The summed E-state index contributed by atoms with van der Waals surface area (Å²) in [4.78, 5) is 0.0247. The van der Waals surface area contributed by atoms with Gasteiger partial charge < -0.3 is 9.47 Å². The van der Waals surface area contributed by atoms with E-state index >= 15 is 0 Å². The van der Waals surface area contributed by atoms with Crippen molar-refractivity contribution in [2.24, 2.45) is 0 Å². The lowest BCUT2D eigenvalue weighted by Crippen LogP contribution is -2.15. The Balaban J connectivity index is 2.46. The van der Waals surface area contributed by atoms with E-state index in [1.54, 1.807) is 24.3 Å². The van der Waals surface area contributed by atoms with Crippen LogP contribution in [0.3, 0.4) is 0 Å². The molecule has 0 aromatic heterocycles. The predicted molar refractivity (Wildman–Crippen MR) is 89.2 cm³/mol. The molecule has 0 spiro atoms. The van der Waals surface area contributed by atoms with Crippen molar-refractivity contribution in [3.63, 3.8) is 0 Å². The zero-order chi connectivity index (χ0) is 16.3. The van der Waals surface area contributed by atoms with E-state index in [1.807, 2.05) is 13.0 Å². The molecule has 2 rings (SSSR count). The normalized spacial score (nSPS) is 11.1. The van der Waals surface area contributed by atoms with Crippen LogP contribution in [0.25, 0.3) is 0 Å². The Hall–Kier alpha value is -1.73. The second-order valence-electron chi connectivity index (χ2n) is 4.58. The summed E-state index contributed by atoms with van der Waals surface area (Å²) in [6, 6.07) is 9.93. The fraction of sp³-hybridized carbons (Fsp3) is 0.200. The molecule has 2 aromatic carbocycles. The highest BCUT2D eigenvalue weighted by Gasteiger charge is 2.21. The van der Waals surface area contributed by atoms with Gasteiger partial charge in [-0.1, -0.05) is 15.9 Å². The van der Waals surface area contributed by atoms with Crippen LogP contribution in [0.15, 0.2) is 45.8 Å². The van der Waals surface area contributed by atoms with Crippen LogP contribution in [-0.2, 0) is 10.0 Å². The summed E-state index contributed by atoms with van der Waals surface area (Å²) in [6.45, 7) is 1.82. The predicted octanol–water partition coefficient (Wildman–Crippen LogP) is 3.58. The summed E-state index contributed by atoms with van der Waals surface area (Å²) in [7, 11) is -0.895. The molecule has 0 heterocycles. The molecule has 0 aliphatic carbocycles. The first-order valence-corrected chi connectivity index (χ1v) is 8.66. The minimum Gasteiger partial charge on any atom is -0.497 e. The lowest BCUT2D eigenvalue weighted by Gasteiger charge is -2.14. The first-order chi connectivity index (χ1) is 10.4. The second-order valence-corrected chi connectivity index (χ2v) is 7.15. The van der Waals surface area contributed by atoms with Crippen LogP contribution in [0.2, 0.25) is 0 Å². The van der Waals surface area contributed by atoms with Gasteiger partial charge in [-0.05, 0) is 42.8 Å². The van der Waals surface area contributed by atoms with Gasteiger partial charge in [-0.15, -0.1) is 0 Å². The molecule has 0 radical (unpaired) electrons. The van der Waals surface area contributed by atoms with Gasteiger partial charge in [0.05, 0.1) is 19.9 Å². The second kappa shape index (κ2) is 6.58. The van der Waals surface area contributed by atoms with E-state index in [4.69, 9.17) is 9.47 Å². The number of aryl methyl sites for hydroxylation is 1. The molecule has 0 saturated carbocycles. The number of benzene rings is 2. The third-order valence-electron chi connectivity index (χ3n) is 3.09. The minimum absolute atomic E-state index is 0.0247. The number of ether oxygens (including phenoxy) is 2. The molecule has 2 aromatic rings. The number of anilines is 1. The number of rotatable bonds is 5. The molecule has 0 bridgehead atoms. The van der Waals surface area contributed by atoms with Crippen LogP contribution < -0.4 is 14.2 Å². The van der Waals surface area contributed by atoms with Crippen LogP contribution in [0.4, 0.5) is 5.69 Å². The van der Waals surface area contributed by atoms with Crippen LogP contribution in [0.1, 0.15) is 5.56 Å². The number of methoxy groups -OCH3 is 2. The van der Waals surface area contributed by atoms with E-state index in [-0.39, 0.29) is 10.6 Å². The molecular formula is C15H16BrNO4S. The molecule has 0 aliphatic rings. The van der Waals surface area contributed by atoms with Crippen molar-refractivity contribution in [3.8, 4) is 11.5 Å². The van der Waals surface area contributed by atoms with E-state index in [0.717, 1.165) is 10.0 Å². The highest BCUT2D eigenvalue weighted by Crippen LogP contribution is 2.30.